The van der Waals surface area contributed by atoms with Gasteiger partial charge < -0.3 is 9.47 Å². The quantitative estimate of drug-likeness (QED) is 0.568. The van der Waals surface area contributed by atoms with Crippen molar-refractivity contribution in [3.05, 3.63) is 34.9 Å². The van der Waals surface area contributed by atoms with Crippen LogP contribution in [0.1, 0.15) is 48.2 Å². The van der Waals surface area contributed by atoms with E-state index < -0.39 is 0 Å². The van der Waals surface area contributed by atoms with E-state index in [9.17, 15) is 9.59 Å². The lowest BCUT2D eigenvalue weighted by molar-refractivity contribution is -0.142. The summed E-state index contributed by atoms with van der Waals surface area (Å²) in [5.41, 5.74) is 1.94. The third-order valence-electron chi connectivity index (χ3n) is 2.93. The third kappa shape index (κ3) is 4.68. The highest BCUT2D eigenvalue weighted by Gasteiger charge is 2.17. The minimum atomic E-state index is -0.387. The van der Waals surface area contributed by atoms with E-state index in [1.807, 2.05) is 26.0 Å². The average Bonchev–Trinajstić information content (AvgIpc) is 2.39. The minimum Gasteiger partial charge on any atom is -0.465 e. The molecule has 0 atom stereocenters. The van der Waals surface area contributed by atoms with E-state index in [1.165, 1.54) is 0 Å². The van der Waals surface area contributed by atoms with Crippen LogP contribution in [0, 0.1) is 6.92 Å². The molecule has 4 heteroatoms. The molecule has 0 bridgehead atoms. The largest absolute Gasteiger partial charge is 0.465 e. The van der Waals surface area contributed by atoms with Crippen molar-refractivity contribution in [2.75, 3.05) is 13.2 Å². The fourth-order valence-electron chi connectivity index (χ4n) is 1.91. The molecule has 0 unspecified atom stereocenters. The zero-order valence-electron chi connectivity index (χ0n) is 12.4. The number of hydrogen-bond acceptors (Lipinski definition) is 4. The topological polar surface area (TPSA) is 52.6 Å². The molecule has 0 amide bonds. The van der Waals surface area contributed by atoms with Crippen LogP contribution in [-0.4, -0.2) is 25.2 Å². The number of unbranched alkanes of at least 4 members (excludes halogenated alkanes) is 1. The van der Waals surface area contributed by atoms with Crippen molar-refractivity contribution in [1.29, 1.82) is 0 Å². The molecule has 0 saturated heterocycles. The Labute approximate surface area is 120 Å². The van der Waals surface area contributed by atoms with E-state index in [2.05, 4.69) is 0 Å². The fourth-order valence-corrected chi connectivity index (χ4v) is 1.91. The molecule has 0 N–H and O–H groups in total. The first-order valence-corrected chi connectivity index (χ1v) is 7.01. The summed E-state index contributed by atoms with van der Waals surface area (Å²) in [5, 5.41) is 0. The lowest BCUT2D eigenvalue weighted by Crippen LogP contribution is -2.15. The summed E-state index contributed by atoms with van der Waals surface area (Å²) in [6, 6.07) is 5.42. The Balaban J connectivity index is 2.81. The molecule has 0 radical (unpaired) electrons. The van der Waals surface area contributed by atoms with Crippen LogP contribution in [0.4, 0.5) is 0 Å². The zero-order chi connectivity index (χ0) is 15.0. The van der Waals surface area contributed by atoms with E-state index in [1.54, 1.807) is 13.0 Å². The van der Waals surface area contributed by atoms with Crippen molar-refractivity contribution in [2.24, 2.45) is 0 Å². The first kappa shape index (κ1) is 16.2. The van der Waals surface area contributed by atoms with E-state index in [4.69, 9.17) is 9.47 Å². The molecule has 0 aliphatic carbocycles. The second-order valence-electron chi connectivity index (χ2n) is 4.58. The van der Waals surface area contributed by atoms with Gasteiger partial charge in [0.25, 0.3) is 0 Å². The van der Waals surface area contributed by atoms with Gasteiger partial charge in [0.1, 0.15) is 0 Å². The molecule has 0 aromatic heterocycles. The summed E-state index contributed by atoms with van der Waals surface area (Å²) < 4.78 is 10.2. The van der Waals surface area contributed by atoms with Gasteiger partial charge in [0.05, 0.1) is 25.2 Å². The van der Waals surface area contributed by atoms with Crippen LogP contribution in [0.3, 0.4) is 0 Å². The molecule has 20 heavy (non-hydrogen) atoms. The maximum absolute atomic E-state index is 12.0. The van der Waals surface area contributed by atoms with Crippen LogP contribution in [0.2, 0.25) is 0 Å². The summed E-state index contributed by atoms with van der Waals surface area (Å²) in [6.45, 7) is 6.36. The Morgan fingerprint density at radius 2 is 1.90 bits per heavy atom. The number of aryl methyl sites for hydroxylation is 1. The first-order chi connectivity index (χ1) is 9.60. The maximum Gasteiger partial charge on any atom is 0.338 e. The van der Waals surface area contributed by atoms with Crippen LogP contribution in [0.5, 0.6) is 0 Å². The second kappa shape index (κ2) is 8.35. The molecule has 0 aliphatic heterocycles. The average molecular weight is 278 g/mol. The number of carbonyl (C=O) groups excluding carboxylic acids is 2. The first-order valence-electron chi connectivity index (χ1n) is 7.01. The molecule has 0 fully saturated rings. The molecule has 1 rings (SSSR count). The molecule has 110 valence electrons. The van der Waals surface area contributed by atoms with Gasteiger partial charge in [0.2, 0.25) is 0 Å². The number of benzene rings is 1. The molecule has 0 spiro atoms. The summed E-state index contributed by atoms with van der Waals surface area (Å²) >= 11 is 0. The van der Waals surface area contributed by atoms with E-state index in [0.717, 1.165) is 18.4 Å². The van der Waals surface area contributed by atoms with E-state index in [0.29, 0.717) is 24.3 Å². The standard InChI is InChI=1S/C16H22O4/c1-4-6-10-20-14(17)11-13-9-7-8-12(3)15(13)16(18)19-5-2/h7-9H,4-6,10-11H2,1-3H3. The number of ether oxygens (including phenoxy) is 2. The molecule has 4 nitrogen and oxygen atoms in total. The van der Waals surface area contributed by atoms with Crippen LogP contribution >= 0.6 is 0 Å². The van der Waals surface area contributed by atoms with Gasteiger partial charge in [-0.15, -0.1) is 0 Å². The van der Waals surface area contributed by atoms with Crippen LogP contribution in [0.25, 0.3) is 0 Å². The smallest absolute Gasteiger partial charge is 0.338 e. The zero-order valence-corrected chi connectivity index (χ0v) is 12.4. The SMILES string of the molecule is CCCCOC(=O)Cc1cccc(C)c1C(=O)OCC. The molecule has 1 aromatic rings. The van der Waals surface area contributed by atoms with Gasteiger partial charge >= 0.3 is 11.9 Å². The molecular formula is C16H22O4. The third-order valence-corrected chi connectivity index (χ3v) is 2.93. The van der Waals surface area contributed by atoms with E-state index >= 15 is 0 Å². The highest BCUT2D eigenvalue weighted by atomic mass is 16.5. The van der Waals surface area contributed by atoms with Crippen LogP contribution in [0.15, 0.2) is 18.2 Å². The molecule has 0 heterocycles. The van der Waals surface area contributed by atoms with Crippen LogP contribution in [-0.2, 0) is 20.7 Å². The Kier molecular flexibility index (Phi) is 6.77. The molecule has 0 aliphatic rings. The minimum absolute atomic E-state index is 0.0968. The van der Waals surface area contributed by atoms with E-state index in [-0.39, 0.29) is 18.4 Å². The van der Waals surface area contributed by atoms with Crippen molar-refractivity contribution < 1.29 is 19.1 Å². The second-order valence-corrected chi connectivity index (χ2v) is 4.58. The monoisotopic (exact) mass is 278 g/mol. The molecular weight excluding hydrogens is 256 g/mol. The predicted octanol–water partition coefficient (Wildman–Crippen LogP) is 3.06. The van der Waals surface area contributed by atoms with Crippen molar-refractivity contribution in [2.45, 2.75) is 40.0 Å². The fraction of sp³-hybridized carbons (Fsp3) is 0.500. The normalized spacial score (nSPS) is 10.2. The number of carbonyl (C=O) groups is 2. The summed E-state index contributed by atoms with van der Waals surface area (Å²) in [7, 11) is 0. The highest BCUT2D eigenvalue weighted by molar-refractivity contribution is 5.94. The molecule has 0 saturated carbocycles. The number of esters is 2. The van der Waals surface area contributed by atoms with Gasteiger partial charge in [-0.2, -0.15) is 0 Å². The number of rotatable bonds is 7. The van der Waals surface area contributed by atoms with Gasteiger partial charge in [-0.3, -0.25) is 4.79 Å². The predicted molar refractivity (Wildman–Crippen MR) is 76.7 cm³/mol. The lowest BCUT2D eigenvalue weighted by Gasteiger charge is -2.11. The summed E-state index contributed by atoms with van der Waals surface area (Å²) in [6.07, 6.45) is 1.93. The molecule has 1 aromatic carbocycles. The van der Waals surface area contributed by atoms with Gasteiger partial charge in [0.15, 0.2) is 0 Å². The highest BCUT2D eigenvalue weighted by Crippen LogP contribution is 2.17. The Morgan fingerprint density at radius 3 is 2.55 bits per heavy atom. The number of hydrogen-bond donors (Lipinski definition) is 0. The van der Waals surface area contributed by atoms with Crippen molar-refractivity contribution >= 4 is 11.9 Å². The summed E-state index contributed by atoms with van der Waals surface area (Å²) in [5.74, 6) is -0.698. The van der Waals surface area contributed by atoms with Gasteiger partial charge in [0, 0.05) is 0 Å². The Bertz CT molecular complexity index is 466. The summed E-state index contributed by atoms with van der Waals surface area (Å²) in [4.78, 5) is 23.7. The van der Waals surface area contributed by atoms with Crippen molar-refractivity contribution in [1.82, 2.24) is 0 Å². The van der Waals surface area contributed by atoms with Crippen LogP contribution < -0.4 is 0 Å². The van der Waals surface area contributed by atoms with Crippen molar-refractivity contribution in [3.8, 4) is 0 Å². The van der Waals surface area contributed by atoms with Gasteiger partial charge in [-0.05, 0) is 31.4 Å². The lowest BCUT2D eigenvalue weighted by atomic mass is 9.99. The van der Waals surface area contributed by atoms with Gasteiger partial charge in [-0.25, -0.2) is 4.79 Å². The van der Waals surface area contributed by atoms with Crippen molar-refractivity contribution in [3.63, 3.8) is 0 Å². The Morgan fingerprint density at radius 1 is 1.15 bits per heavy atom. The Hall–Kier alpha value is -1.84. The maximum atomic E-state index is 12.0. The van der Waals surface area contributed by atoms with Gasteiger partial charge in [-0.1, -0.05) is 31.5 Å².